The van der Waals surface area contributed by atoms with Gasteiger partial charge in [-0.15, -0.1) is 0 Å². The zero-order chi connectivity index (χ0) is 11.2. The van der Waals surface area contributed by atoms with Gasteiger partial charge in [-0.2, -0.15) is 0 Å². The van der Waals surface area contributed by atoms with Gasteiger partial charge in [0.25, 0.3) is 0 Å². The highest BCUT2D eigenvalue weighted by Crippen LogP contribution is 2.16. The number of benzene rings is 1. The SMILES string of the molecule is OC[C@H](N=Cc1ccco1)c1ccccc1. The summed E-state index contributed by atoms with van der Waals surface area (Å²) >= 11 is 0. The molecule has 0 saturated heterocycles. The maximum atomic E-state index is 9.26. The molecule has 1 N–H and O–H groups in total. The van der Waals surface area contributed by atoms with E-state index in [-0.39, 0.29) is 12.6 Å². The fraction of sp³-hybridized carbons (Fsp3) is 0.154. The first kappa shape index (κ1) is 10.6. The van der Waals surface area contributed by atoms with Gasteiger partial charge in [0.1, 0.15) is 5.76 Å². The van der Waals surface area contributed by atoms with Gasteiger partial charge < -0.3 is 9.52 Å². The van der Waals surface area contributed by atoms with Gasteiger partial charge in [-0.05, 0) is 17.7 Å². The Bertz CT molecular complexity index is 434. The van der Waals surface area contributed by atoms with Crippen LogP contribution in [0.2, 0.25) is 0 Å². The third kappa shape index (κ3) is 2.58. The smallest absolute Gasteiger partial charge is 0.144 e. The summed E-state index contributed by atoms with van der Waals surface area (Å²) < 4.78 is 5.13. The van der Waals surface area contributed by atoms with Gasteiger partial charge in [0, 0.05) is 0 Å². The van der Waals surface area contributed by atoms with E-state index in [1.54, 1.807) is 18.5 Å². The van der Waals surface area contributed by atoms with E-state index in [1.807, 2.05) is 36.4 Å². The standard InChI is InChI=1S/C13H13NO2/c15-10-13(11-5-2-1-3-6-11)14-9-12-7-4-8-16-12/h1-9,13,15H,10H2/t13-/m0/s1. The van der Waals surface area contributed by atoms with Crippen molar-refractivity contribution < 1.29 is 9.52 Å². The Morgan fingerprint density at radius 3 is 2.62 bits per heavy atom. The molecule has 0 amide bonds. The van der Waals surface area contributed by atoms with Crippen LogP contribution in [0.25, 0.3) is 0 Å². The third-order valence-corrected chi connectivity index (χ3v) is 2.28. The van der Waals surface area contributed by atoms with Crippen LogP contribution in [0.3, 0.4) is 0 Å². The van der Waals surface area contributed by atoms with Crippen molar-refractivity contribution in [3.05, 3.63) is 60.1 Å². The van der Waals surface area contributed by atoms with Crippen molar-refractivity contribution in [2.75, 3.05) is 6.61 Å². The Labute approximate surface area is 94.1 Å². The van der Waals surface area contributed by atoms with Crippen molar-refractivity contribution in [1.82, 2.24) is 0 Å². The van der Waals surface area contributed by atoms with E-state index in [9.17, 15) is 5.11 Å². The molecule has 0 aliphatic rings. The van der Waals surface area contributed by atoms with Crippen LogP contribution in [-0.4, -0.2) is 17.9 Å². The molecule has 1 heterocycles. The molecule has 16 heavy (non-hydrogen) atoms. The minimum absolute atomic E-state index is 0.0127. The molecular weight excluding hydrogens is 202 g/mol. The summed E-state index contributed by atoms with van der Waals surface area (Å²) in [5.74, 6) is 0.689. The second kappa shape index (κ2) is 5.28. The summed E-state index contributed by atoms with van der Waals surface area (Å²) in [4.78, 5) is 4.29. The quantitative estimate of drug-likeness (QED) is 0.796. The molecule has 0 fully saturated rings. The molecule has 3 heteroatoms. The highest BCUT2D eigenvalue weighted by atomic mass is 16.3. The molecule has 1 aromatic heterocycles. The fourth-order valence-electron chi connectivity index (χ4n) is 1.44. The molecule has 0 aliphatic carbocycles. The summed E-state index contributed by atoms with van der Waals surface area (Å²) in [5.41, 5.74) is 0.993. The molecule has 0 unspecified atom stereocenters. The molecule has 82 valence electrons. The average molecular weight is 215 g/mol. The largest absolute Gasteiger partial charge is 0.463 e. The van der Waals surface area contributed by atoms with E-state index in [2.05, 4.69) is 4.99 Å². The number of hydrogen-bond donors (Lipinski definition) is 1. The van der Waals surface area contributed by atoms with Gasteiger partial charge in [0.05, 0.1) is 25.1 Å². The summed E-state index contributed by atoms with van der Waals surface area (Å²) in [6.07, 6.45) is 3.23. The first-order chi connectivity index (χ1) is 7.90. The van der Waals surface area contributed by atoms with Crippen LogP contribution in [0, 0.1) is 0 Å². The van der Waals surface area contributed by atoms with Crippen LogP contribution in [0.15, 0.2) is 58.1 Å². The van der Waals surface area contributed by atoms with Crippen LogP contribution in [0.4, 0.5) is 0 Å². The summed E-state index contributed by atoms with van der Waals surface area (Å²) in [6.45, 7) is -0.0127. The lowest BCUT2D eigenvalue weighted by Crippen LogP contribution is -2.01. The molecule has 0 bridgehead atoms. The van der Waals surface area contributed by atoms with Crippen molar-refractivity contribution in [2.45, 2.75) is 6.04 Å². The molecule has 2 rings (SSSR count). The molecule has 0 radical (unpaired) electrons. The van der Waals surface area contributed by atoms with E-state index in [0.29, 0.717) is 5.76 Å². The molecule has 2 aromatic rings. The average Bonchev–Trinajstić information content (AvgIpc) is 2.84. The summed E-state index contributed by atoms with van der Waals surface area (Å²) in [7, 11) is 0. The number of hydrogen-bond acceptors (Lipinski definition) is 3. The topological polar surface area (TPSA) is 45.7 Å². The van der Waals surface area contributed by atoms with Crippen molar-refractivity contribution in [2.24, 2.45) is 4.99 Å². The van der Waals surface area contributed by atoms with E-state index in [0.717, 1.165) is 5.56 Å². The first-order valence-corrected chi connectivity index (χ1v) is 5.12. The number of aliphatic hydroxyl groups excluding tert-OH is 1. The molecule has 0 spiro atoms. The second-order valence-corrected chi connectivity index (χ2v) is 3.40. The molecular formula is C13H13NO2. The number of aliphatic imine (C=N–C) groups is 1. The van der Waals surface area contributed by atoms with Gasteiger partial charge in [0.15, 0.2) is 0 Å². The maximum Gasteiger partial charge on any atom is 0.144 e. The predicted molar refractivity (Wildman–Crippen MR) is 62.6 cm³/mol. The monoisotopic (exact) mass is 215 g/mol. The van der Waals surface area contributed by atoms with Crippen molar-refractivity contribution >= 4 is 6.21 Å². The zero-order valence-corrected chi connectivity index (χ0v) is 8.78. The van der Waals surface area contributed by atoms with E-state index < -0.39 is 0 Å². The summed E-state index contributed by atoms with van der Waals surface area (Å²) in [6, 6.07) is 13.1. The Kier molecular flexibility index (Phi) is 3.51. The van der Waals surface area contributed by atoms with Gasteiger partial charge in [-0.1, -0.05) is 30.3 Å². The second-order valence-electron chi connectivity index (χ2n) is 3.40. The van der Waals surface area contributed by atoms with Gasteiger partial charge in [0.2, 0.25) is 0 Å². The maximum absolute atomic E-state index is 9.26. The lowest BCUT2D eigenvalue weighted by Gasteiger charge is -2.08. The lowest BCUT2D eigenvalue weighted by molar-refractivity contribution is 0.269. The normalized spacial score (nSPS) is 13.1. The number of furan rings is 1. The zero-order valence-electron chi connectivity index (χ0n) is 8.78. The Hall–Kier alpha value is -1.87. The Balaban J connectivity index is 2.12. The minimum Gasteiger partial charge on any atom is -0.463 e. The third-order valence-electron chi connectivity index (χ3n) is 2.28. The predicted octanol–water partition coefficient (Wildman–Crippen LogP) is 2.43. The minimum atomic E-state index is -0.230. The van der Waals surface area contributed by atoms with Gasteiger partial charge >= 0.3 is 0 Å². The van der Waals surface area contributed by atoms with Crippen molar-refractivity contribution in [3.8, 4) is 0 Å². The van der Waals surface area contributed by atoms with Crippen LogP contribution < -0.4 is 0 Å². The van der Waals surface area contributed by atoms with Crippen LogP contribution in [-0.2, 0) is 0 Å². The first-order valence-electron chi connectivity index (χ1n) is 5.12. The van der Waals surface area contributed by atoms with Crippen molar-refractivity contribution in [3.63, 3.8) is 0 Å². The summed E-state index contributed by atoms with van der Waals surface area (Å²) in [5, 5.41) is 9.26. The molecule has 0 saturated carbocycles. The fourth-order valence-corrected chi connectivity index (χ4v) is 1.44. The van der Waals surface area contributed by atoms with E-state index in [1.165, 1.54) is 0 Å². The number of nitrogens with zero attached hydrogens (tertiary/aromatic N) is 1. The van der Waals surface area contributed by atoms with E-state index >= 15 is 0 Å². The Morgan fingerprint density at radius 1 is 1.19 bits per heavy atom. The van der Waals surface area contributed by atoms with Crippen molar-refractivity contribution in [1.29, 1.82) is 0 Å². The lowest BCUT2D eigenvalue weighted by atomic mass is 10.1. The highest BCUT2D eigenvalue weighted by molar-refractivity contribution is 5.75. The van der Waals surface area contributed by atoms with Crippen LogP contribution >= 0.6 is 0 Å². The molecule has 1 atom stereocenters. The van der Waals surface area contributed by atoms with Crippen LogP contribution in [0.5, 0.6) is 0 Å². The van der Waals surface area contributed by atoms with E-state index in [4.69, 9.17) is 4.42 Å². The highest BCUT2D eigenvalue weighted by Gasteiger charge is 2.06. The molecule has 3 nitrogen and oxygen atoms in total. The van der Waals surface area contributed by atoms with Crippen LogP contribution in [0.1, 0.15) is 17.4 Å². The number of rotatable bonds is 4. The Morgan fingerprint density at radius 2 is 2.00 bits per heavy atom. The van der Waals surface area contributed by atoms with Gasteiger partial charge in [-0.3, -0.25) is 4.99 Å². The van der Waals surface area contributed by atoms with Gasteiger partial charge in [-0.25, -0.2) is 0 Å². The number of aliphatic hydroxyl groups is 1. The molecule has 1 aromatic carbocycles. The molecule has 0 aliphatic heterocycles.